The molecule has 1 N–H and O–H groups in total. The zero-order valence-electron chi connectivity index (χ0n) is 9.46. The van der Waals surface area contributed by atoms with Crippen LogP contribution in [0.2, 0.25) is 0 Å². The second-order valence-corrected chi connectivity index (χ2v) is 4.29. The van der Waals surface area contributed by atoms with E-state index in [0.29, 0.717) is 11.6 Å². The van der Waals surface area contributed by atoms with Crippen LogP contribution in [-0.2, 0) is 0 Å². The molecule has 16 heavy (non-hydrogen) atoms. The van der Waals surface area contributed by atoms with Gasteiger partial charge in [0.25, 0.3) is 0 Å². The summed E-state index contributed by atoms with van der Waals surface area (Å²) in [6, 6.07) is -0.0585. The number of aliphatic hydroxyl groups is 1. The van der Waals surface area contributed by atoms with Gasteiger partial charge in [-0.2, -0.15) is 0 Å². The zero-order chi connectivity index (χ0) is 11.5. The van der Waals surface area contributed by atoms with Crippen LogP contribution in [0, 0.1) is 0 Å². The van der Waals surface area contributed by atoms with Crippen LogP contribution in [0.4, 0.5) is 0 Å². The van der Waals surface area contributed by atoms with E-state index >= 15 is 0 Å². The van der Waals surface area contributed by atoms with Crippen molar-refractivity contribution in [1.29, 1.82) is 0 Å². The molecule has 0 aromatic carbocycles. The smallest absolute Gasteiger partial charge is 0.172 e. The van der Waals surface area contributed by atoms with Crippen LogP contribution in [0.5, 0.6) is 0 Å². The van der Waals surface area contributed by atoms with Crippen molar-refractivity contribution in [3.63, 3.8) is 0 Å². The molecule has 2 rings (SSSR count). The summed E-state index contributed by atoms with van der Waals surface area (Å²) in [6.45, 7) is 2.03. The van der Waals surface area contributed by atoms with Gasteiger partial charge in [-0.25, -0.2) is 4.68 Å². The van der Waals surface area contributed by atoms with Crippen molar-refractivity contribution < 1.29 is 9.90 Å². The summed E-state index contributed by atoms with van der Waals surface area (Å²) in [5, 5.41) is 17.2. The van der Waals surface area contributed by atoms with E-state index in [2.05, 4.69) is 10.3 Å². The Bertz CT molecular complexity index is 367. The lowest BCUT2D eigenvalue weighted by molar-refractivity contribution is 0.111. The molecule has 1 atom stereocenters. The van der Waals surface area contributed by atoms with Gasteiger partial charge in [-0.3, -0.25) is 4.79 Å². The summed E-state index contributed by atoms with van der Waals surface area (Å²) < 4.78 is 1.74. The Morgan fingerprint density at radius 3 is 2.81 bits per heavy atom. The van der Waals surface area contributed by atoms with Gasteiger partial charge in [0.2, 0.25) is 0 Å². The van der Waals surface area contributed by atoms with Gasteiger partial charge < -0.3 is 5.11 Å². The Morgan fingerprint density at radius 2 is 2.38 bits per heavy atom. The van der Waals surface area contributed by atoms with E-state index in [9.17, 15) is 9.90 Å². The van der Waals surface area contributed by atoms with Crippen molar-refractivity contribution in [2.45, 2.75) is 44.6 Å². The summed E-state index contributed by atoms with van der Waals surface area (Å²) in [5.41, 5.74) is 1.36. The molecule has 1 aromatic rings. The molecule has 0 saturated heterocycles. The Kier molecular flexibility index (Phi) is 3.33. The number of hydrogen-bond acceptors (Lipinski definition) is 4. The SMILES string of the molecule is CCC(CO)n1nnc(C=O)c1C1CCC1. The molecule has 0 bridgehead atoms. The van der Waals surface area contributed by atoms with Gasteiger partial charge in [0.05, 0.1) is 18.3 Å². The van der Waals surface area contributed by atoms with Crippen molar-refractivity contribution in [3.8, 4) is 0 Å². The minimum atomic E-state index is -0.0585. The summed E-state index contributed by atoms with van der Waals surface area (Å²) in [6.07, 6.45) is 4.94. The predicted molar refractivity (Wildman–Crippen MR) is 58.4 cm³/mol. The first-order chi connectivity index (χ1) is 7.81. The van der Waals surface area contributed by atoms with Gasteiger partial charge in [0.1, 0.15) is 5.69 Å². The third-order valence-corrected chi connectivity index (χ3v) is 3.39. The van der Waals surface area contributed by atoms with Gasteiger partial charge in [0.15, 0.2) is 6.29 Å². The Hall–Kier alpha value is -1.23. The lowest BCUT2D eigenvalue weighted by Crippen LogP contribution is -2.22. The number of hydrogen-bond donors (Lipinski definition) is 1. The van der Waals surface area contributed by atoms with Gasteiger partial charge in [-0.15, -0.1) is 5.10 Å². The minimum absolute atomic E-state index is 0.0396. The van der Waals surface area contributed by atoms with Gasteiger partial charge in [-0.1, -0.05) is 18.6 Å². The molecule has 1 aromatic heterocycles. The van der Waals surface area contributed by atoms with Gasteiger partial charge in [0, 0.05) is 5.92 Å². The van der Waals surface area contributed by atoms with E-state index in [1.54, 1.807) is 4.68 Å². The molecule has 1 saturated carbocycles. The predicted octanol–water partition coefficient (Wildman–Crippen LogP) is 1.30. The number of aromatic nitrogens is 3. The molecule has 0 amide bonds. The van der Waals surface area contributed by atoms with E-state index in [4.69, 9.17) is 0 Å². The van der Waals surface area contributed by atoms with Crippen molar-refractivity contribution in [3.05, 3.63) is 11.4 Å². The van der Waals surface area contributed by atoms with Gasteiger partial charge >= 0.3 is 0 Å². The highest BCUT2D eigenvalue weighted by Crippen LogP contribution is 2.38. The highest BCUT2D eigenvalue weighted by molar-refractivity contribution is 5.73. The number of rotatable bonds is 5. The molecule has 88 valence electrons. The quantitative estimate of drug-likeness (QED) is 0.764. The van der Waals surface area contributed by atoms with E-state index in [1.807, 2.05) is 6.92 Å². The van der Waals surface area contributed by atoms with Crippen LogP contribution < -0.4 is 0 Å². The van der Waals surface area contributed by atoms with Crippen molar-refractivity contribution in [2.75, 3.05) is 6.61 Å². The van der Waals surface area contributed by atoms with E-state index in [0.717, 1.165) is 31.2 Å². The monoisotopic (exact) mass is 223 g/mol. The minimum Gasteiger partial charge on any atom is -0.394 e. The van der Waals surface area contributed by atoms with Crippen LogP contribution in [0.15, 0.2) is 0 Å². The maximum absolute atomic E-state index is 10.9. The Balaban J connectivity index is 2.35. The molecule has 0 spiro atoms. The number of aldehydes is 1. The van der Waals surface area contributed by atoms with Crippen LogP contribution in [-0.4, -0.2) is 33.0 Å². The zero-order valence-corrected chi connectivity index (χ0v) is 9.46. The average molecular weight is 223 g/mol. The van der Waals surface area contributed by atoms with E-state index in [-0.39, 0.29) is 12.6 Å². The largest absolute Gasteiger partial charge is 0.394 e. The number of nitrogens with zero attached hydrogens (tertiary/aromatic N) is 3. The van der Waals surface area contributed by atoms with Crippen LogP contribution in [0.1, 0.15) is 60.7 Å². The second kappa shape index (κ2) is 4.74. The van der Waals surface area contributed by atoms with Crippen molar-refractivity contribution in [1.82, 2.24) is 15.0 Å². The third kappa shape index (κ3) is 1.75. The van der Waals surface area contributed by atoms with Gasteiger partial charge in [-0.05, 0) is 19.3 Å². The molecule has 1 unspecified atom stereocenters. The normalized spacial score (nSPS) is 18.1. The number of aliphatic hydroxyl groups excluding tert-OH is 1. The van der Waals surface area contributed by atoms with Crippen LogP contribution in [0.3, 0.4) is 0 Å². The highest BCUT2D eigenvalue weighted by Gasteiger charge is 2.29. The lowest BCUT2D eigenvalue weighted by atomic mass is 9.82. The Labute approximate surface area is 94.5 Å². The molecule has 0 aliphatic heterocycles. The fraction of sp³-hybridized carbons (Fsp3) is 0.727. The van der Waals surface area contributed by atoms with E-state index in [1.165, 1.54) is 6.42 Å². The summed E-state index contributed by atoms with van der Waals surface area (Å²) >= 11 is 0. The molecule has 5 heteroatoms. The molecule has 1 heterocycles. The molecule has 1 fully saturated rings. The second-order valence-electron chi connectivity index (χ2n) is 4.29. The first-order valence-corrected chi connectivity index (χ1v) is 5.82. The van der Waals surface area contributed by atoms with Crippen molar-refractivity contribution in [2.24, 2.45) is 0 Å². The van der Waals surface area contributed by atoms with Crippen LogP contribution >= 0.6 is 0 Å². The maximum atomic E-state index is 10.9. The number of carbonyl (C=O) groups is 1. The number of carbonyl (C=O) groups excluding carboxylic acids is 1. The average Bonchev–Trinajstić information content (AvgIpc) is 2.62. The molecule has 1 aliphatic carbocycles. The summed E-state index contributed by atoms with van der Waals surface area (Å²) in [7, 11) is 0. The highest BCUT2D eigenvalue weighted by atomic mass is 16.3. The molecule has 1 aliphatic rings. The molecule has 0 radical (unpaired) electrons. The lowest BCUT2D eigenvalue weighted by Gasteiger charge is -2.27. The Morgan fingerprint density at radius 1 is 1.62 bits per heavy atom. The fourth-order valence-electron chi connectivity index (χ4n) is 2.12. The molecular formula is C11H17N3O2. The summed E-state index contributed by atoms with van der Waals surface area (Å²) in [4.78, 5) is 10.9. The first-order valence-electron chi connectivity index (χ1n) is 5.82. The third-order valence-electron chi connectivity index (χ3n) is 3.39. The van der Waals surface area contributed by atoms with Crippen molar-refractivity contribution >= 4 is 6.29 Å². The van der Waals surface area contributed by atoms with Crippen LogP contribution in [0.25, 0.3) is 0 Å². The topological polar surface area (TPSA) is 68.0 Å². The fourth-order valence-corrected chi connectivity index (χ4v) is 2.12. The van der Waals surface area contributed by atoms with E-state index < -0.39 is 0 Å². The maximum Gasteiger partial charge on any atom is 0.172 e. The summed E-state index contributed by atoms with van der Waals surface area (Å²) in [5.74, 6) is 0.399. The molecule has 5 nitrogen and oxygen atoms in total. The molecular weight excluding hydrogens is 206 g/mol. The first kappa shape index (κ1) is 11.3. The standard InChI is InChI=1S/C11H17N3O2/c1-2-9(6-15)14-11(8-4-3-5-8)10(7-16)12-13-14/h7-9,15H,2-6H2,1H3.